The molecular formula is C31H39ClN6. The number of para-hydroxylation sites is 1. The molecule has 6 rings (SSSR count). The lowest BCUT2D eigenvalue weighted by Gasteiger charge is -2.43. The van der Waals surface area contributed by atoms with Crippen LogP contribution in [0.1, 0.15) is 26.7 Å². The minimum absolute atomic E-state index is 0.498. The second-order valence-electron chi connectivity index (χ2n) is 11.5. The molecule has 0 aliphatic carbocycles. The molecule has 0 spiro atoms. The minimum atomic E-state index is 0.498. The zero-order valence-corrected chi connectivity index (χ0v) is 24.0. The first-order chi connectivity index (χ1) is 18.3. The SMILES string of the molecule is C[C@@H]1CN(c2cccc3nc4ccc(-c5ccc(N6CCC(N(C)C)CC6)c(Cl)c5)cn4c23)C[C@H](C)N1C. The van der Waals surface area contributed by atoms with Gasteiger partial charge in [-0.15, -0.1) is 0 Å². The largest absolute Gasteiger partial charge is 0.370 e. The average Bonchev–Trinajstić information content (AvgIpc) is 3.29. The average molecular weight is 531 g/mol. The maximum absolute atomic E-state index is 6.89. The Balaban J connectivity index is 1.34. The van der Waals surface area contributed by atoms with E-state index in [1.807, 2.05) is 0 Å². The summed E-state index contributed by atoms with van der Waals surface area (Å²) in [5.41, 5.74) is 7.86. The lowest BCUT2D eigenvalue weighted by molar-refractivity contribution is 0.170. The van der Waals surface area contributed by atoms with Crippen LogP contribution in [0, 0.1) is 0 Å². The van der Waals surface area contributed by atoms with Gasteiger partial charge in [0.2, 0.25) is 0 Å². The summed E-state index contributed by atoms with van der Waals surface area (Å²) in [6.45, 7) is 8.73. The van der Waals surface area contributed by atoms with Crippen LogP contribution in [-0.2, 0) is 0 Å². The van der Waals surface area contributed by atoms with Gasteiger partial charge < -0.3 is 14.7 Å². The second-order valence-corrected chi connectivity index (χ2v) is 11.9. The van der Waals surface area contributed by atoms with Crippen LogP contribution in [0.5, 0.6) is 0 Å². The Kier molecular flexibility index (Phi) is 6.75. The summed E-state index contributed by atoms with van der Waals surface area (Å²) in [6, 6.07) is 19.0. The number of rotatable bonds is 4. The first kappa shape index (κ1) is 25.5. The zero-order chi connectivity index (χ0) is 26.6. The number of fused-ring (bicyclic) bond motifs is 3. The summed E-state index contributed by atoms with van der Waals surface area (Å²) < 4.78 is 2.27. The number of likely N-dealkylation sites (N-methyl/N-ethyl adjacent to an activating group) is 1. The summed E-state index contributed by atoms with van der Waals surface area (Å²) in [5, 5.41) is 0.822. The predicted octanol–water partition coefficient (Wildman–Crippen LogP) is 5.87. The molecular weight excluding hydrogens is 492 g/mol. The molecule has 6 nitrogen and oxygen atoms in total. The number of aromatic nitrogens is 2. The van der Waals surface area contributed by atoms with Crippen molar-refractivity contribution >= 4 is 39.7 Å². The fourth-order valence-corrected chi connectivity index (χ4v) is 6.64. The van der Waals surface area contributed by atoms with Gasteiger partial charge in [-0.25, -0.2) is 4.98 Å². The summed E-state index contributed by atoms with van der Waals surface area (Å²) in [6.07, 6.45) is 4.57. The molecule has 0 amide bonds. The third-order valence-electron chi connectivity index (χ3n) is 8.91. The van der Waals surface area contributed by atoms with E-state index in [0.717, 1.165) is 59.2 Å². The van der Waals surface area contributed by atoms with Crippen LogP contribution < -0.4 is 9.80 Å². The fourth-order valence-electron chi connectivity index (χ4n) is 6.34. The quantitative estimate of drug-likeness (QED) is 0.329. The normalized spacial score (nSPS) is 21.8. The molecule has 0 N–H and O–H groups in total. The lowest BCUT2D eigenvalue weighted by Crippen LogP contribution is -2.55. The van der Waals surface area contributed by atoms with E-state index in [1.54, 1.807) is 0 Å². The molecule has 0 saturated carbocycles. The Labute approximate surface area is 231 Å². The molecule has 2 aromatic heterocycles. The van der Waals surface area contributed by atoms with Crippen molar-refractivity contribution in [2.24, 2.45) is 0 Å². The van der Waals surface area contributed by atoms with Gasteiger partial charge in [-0.3, -0.25) is 9.30 Å². The molecule has 2 aromatic carbocycles. The molecule has 0 unspecified atom stereocenters. The van der Waals surface area contributed by atoms with E-state index in [1.165, 1.54) is 24.0 Å². The molecule has 2 aliphatic heterocycles. The third kappa shape index (κ3) is 4.53. The molecule has 2 saturated heterocycles. The van der Waals surface area contributed by atoms with Crippen LogP contribution in [-0.4, -0.2) is 84.6 Å². The number of imidazole rings is 1. The Bertz CT molecular complexity index is 1440. The number of hydrogen-bond donors (Lipinski definition) is 0. The second kappa shape index (κ2) is 10.1. The molecule has 4 heterocycles. The van der Waals surface area contributed by atoms with Gasteiger partial charge in [0.15, 0.2) is 0 Å². The van der Waals surface area contributed by atoms with Crippen molar-refractivity contribution in [2.45, 2.75) is 44.8 Å². The molecule has 0 radical (unpaired) electrons. The topological polar surface area (TPSA) is 30.3 Å². The highest BCUT2D eigenvalue weighted by atomic mass is 35.5. The van der Waals surface area contributed by atoms with E-state index in [9.17, 15) is 0 Å². The highest BCUT2D eigenvalue weighted by Gasteiger charge is 2.28. The van der Waals surface area contributed by atoms with Gasteiger partial charge in [0.1, 0.15) is 5.65 Å². The molecule has 0 bridgehead atoms. The Morgan fingerprint density at radius 3 is 2.26 bits per heavy atom. The van der Waals surface area contributed by atoms with Crippen LogP contribution in [0.25, 0.3) is 27.8 Å². The van der Waals surface area contributed by atoms with Gasteiger partial charge >= 0.3 is 0 Å². The molecule has 4 aromatic rings. The van der Waals surface area contributed by atoms with Crippen LogP contribution in [0.2, 0.25) is 5.02 Å². The fraction of sp³-hybridized carbons (Fsp3) is 0.452. The van der Waals surface area contributed by atoms with E-state index in [4.69, 9.17) is 16.6 Å². The van der Waals surface area contributed by atoms with Crippen molar-refractivity contribution in [3.8, 4) is 11.1 Å². The summed E-state index contributed by atoms with van der Waals surface area (Å²) in [4.78, 5) is 14.7. The van der Waals surface area contributed by atoms with Crippen LogP contribution in [0.3, 0.4) is 0 Å². The first-order valence-corrected chi connectivity index (χ1v) is 14.3. The minimum Gasteiger partial charge on any atom is -0.370 e. The number of halogens is 1. The zero-order valence-electron chi connectivity index (χ0n) is 23.2. The standard InChI is InChI=1S/C31H39ClN6/c1-21-18-37(19-22(2)35(21)5)29-8-6-7-27-31(29)38-20-24(10-12-30(38)33-27)23-9-11-28(26(32)17-23)36-15-13-25(14-16-36)34(3)4/h6-12,17,20-22,25H,13-16,18-19H2,1-5H3/t21-,22+. The molecule has 2 fully saturated rings. The van der Waals surface area contributed by atoms with Gasteiger partial charge in [-0.2, -0.15) is 0 Å². The number of piperidine rings is 1. The molecule has 2 aliphatic rings. The Morgan fingerprint density at radius 2 is 1.58 bits per heavy atom. The highest BCUT2D eigenvalue weighted by molar-refractivity contribution is 6.33. The highest BCUT2D eigenvalue weighted by Crippen LogP contribution is 2.35. The van der Waals surface area contributed by atoms with Gasteiger partial charge in [0.05, 0.1) is 27.4 Å². The van der Waals surface area contributed by atoms with Crippen molar-refractivity contribution < 1.29 is 0 Å². The first-order valence-electron chi connectivity index (χ1n) is 13.9. The van der Waals surface area contributed by atoms with Crippen LogP contribution in [0.4, 0.5) is 11.4 Å². The van der Waals surface area contributed by atoms with Crippen molar-refractivity contribution in [1.82, 2.24) is 19.2 Å². The van der Waals surface area contributed by atoms with Crippen molar-refractivity contribution in [2.75, 3.05) is 57.1 Å². The van der Waals surface area contributed by atoms with Crippen molar-refractivity contribution in [3.05, 3.63) is 59.8 Å². The van der Waals surface area contributed by atoms with Crippen LogP contribution in [0.15, 0.2) is 54.7 Å². The monoisotopic (exact) mass is 530 g/mol. The van der Waals surface area contributed by atoms with E-state index in [2.05, 4.69) is 114 Å². The lowest BCUT2D eigenvalue weighted by atomic mass is 10.0. The number of anilines is 2. The van der Waals surface area contributed by atoms with Crippen LogP contribution >= 0.6 is 11.6 Å². The summed E-state index contributed by atoms with van der Waals surface area (Å²) >= 11 is 6.89. The van der Waals surface area contributed by atoms with Gasteiger partial charge in [-0.05, 0) is 95.4 Å². The van der Waals surface area contributed by atoms with Gasteiger partial charge in [0, 0.05) is 50.5 Å². The van der Waals surface area contributed by atoms with E-state index >= 15 is 0 Å². The number of hydrogen-bond acceptors (Lipinski definition) is 5. The van der Waals surface area contributed by atoms with Crippen molar-refractivity contribution in [3.63, 3.8) is 0 Å². The smallest absolute Gasteiger partial charge is 0.138 e. The maximum atomic E-state index is 6.89. The van der Waals surface area contributed by atoms with Gasteiger partial charge in [0.25, 0.3) is 0 Å². The Hall–Kier alpha value is -2.80. The number of piperazine rings is 1. The van der Waals surface area contributed by atoms with E-state index < -0.39 is 0 Å². The Morgan fingerprint density at radius 1 is 0.868 bits per heavy atom. The predicted molar refractivity (Wildman–Crippen MR) is 161 cm³/mol. The molecule has 7 heteroatoms. The van der Waals surface area contributed by atoms with Crippen molar-refractivity contribution in [1.29, 1.82) is 0 Å². The number of nitrogens with zero attached hydrogens (tertiary/aromatic N) is 6. The summed E-state index contributed by atoms with van der Waals surface area (Å²) in [5.74, 6) is 0. The third-order valence-corrected chi connectivity index (χ3v) is 9.22. The number of pyridine rings is 1. The van der Waals surface area contributed by atoms with E-state index in [-0.39, 0.29) is 0 Å². The molecule has 2 atom stereocenters. The summed E-state index contributed by atoms with van der Waals surface area (Å²) in [7, 11) is 6.59. The molecule has 200 valence electrons. The number of benzene rings is 2. The van der Waals surface area contributed by atoms with E-state index in [0.29, 0.717) is 18.1 Å². The molecule has 38 heavy (non-hydrogen) atoms. The maximum Gasteiger partial charge on any atom is 0.138 e. The van der Waals surface area contributed by atoms with Gasteiger partial charge in [-0.1, -0.05) is 23.7 Å².